The highest BCUT2D eigenvalue weighted by molar-refractivity contribution is 7.99. The predicted octanol–water partition coefficient (Wildman–Crippen LogP) is 1.91. The van der Waals surface area contributed by atoms with Gasteiger partial charge in [-0.15, -0.1) is 10.2 Å². The molecule has 2 atom stereocenters. The number of ether oxygens (including phenoxy) is 2. The highest BCUT2D eigenvalue weighted by Crippen LogP contribution is 2.25. The van der Waals surface area contributed by atoms with Gasteiger partial charge in [-0.3, -0.25) is 4.79 Å². The fourth-order valence-corrected chi connectivity index (χ4v) is 3.49. The van der Waals surface area contributed by atoms with E-state index in [4.69, 9.17) is 10.5 Å². The number of thioether (sulfide) groups is 1. The average molecular weight is 342 g/mol. The summed E-state index contributed by atoms with van der Waals surface area (Å²) in [6.07, 6.45) is 4.55. The van der Waals surface area contributed by atoms with Gasteiger partial charge in [0.1, 0.15) is 0 Å². The molecule has 1 aromatic heterocycles. The third-order valence-electron chi connectivity index (χ3n) is 3.85. The lowest BCUT2D eigenvalue weighted by atomic mass is 10.1. The normalized spacial score (nSPS) is 19.0. The zero-order chi connectivity index (χ0) is 16.7. The second-order valence-corrected chi connectivity index (χ2v) is 6.72. The monoisotopic (exact) mass is 342 g/mol. The number of hydrogen-bond donors (Lipinski definition) is 1. The van der Waals surface area contributed by atoms with Crippen LogP contribution in [0.2, 0.25) is 0 Å². The lowest BCUT2D eigenvalue weighted by Crippen LogP contribution is -2.22. The standard InChI is InChI=1S/C15H26N4O3S/c1-3-5-12(16)14-17-18-15(23-9-7-13(20)21-2)19(14)10-11-6-4-8-22-11/h11-12H,3-10,16H2,1-2H3. The fraction of sp³-hybridized carbons (Fsp3) is 0.800. The molecule has 2 heterocycles. The zero-order valence-corrected chi connectivity index (χ0v) is 14.7. The lowest BCUT2D eigenvalue weighted by Gasteiger charge is -2.17. The van der Waals surface area contributed by atoms with Gasteiger partial charge in [0.15, 0.2) is 11.0 Å². The maximum absolute atomic E-state index is 11.2. The van der Waals surface area contributed by atoms with Crippen molar-refractivity contribution in [1.82, 2.24) is 14.8 Å². The molecule has 8 heteroatoms. The van der Waals surface area contributed by atoms with Crippen molar-refractivity contribution >= 4 is 17.7 Å². The van der Waals surface area contributed by atoms with E-state index in [1.807, 2.05) is 0 Å². The van der Waals surface area contributed by atoms with Crippen molar-refractivity contribution in [3.63, 3.8) is 0 Å². The molecular weight excluding hydrogens is 316 g/mol. The fourth-order valence-electron chi connectivity index (χ4n) is 2.61. The van der Waals surface area contributed by atoms with Gasteiger partial charge >= 0.3 is 5.97 Å². The first-order chi connectivity index (χ1) is 11.2. The Bertz CT molecular complexity index is 503. The van der Waals surface area contributed by atoms with E-state index in [2.05, 4.69) is 26.4 Å². The first-order valence-electron chi connectivity index (χ1n) is 8.15. The Labute approximate surface area is 141 Å². The van der Waals surface area contributed by atoms with E-state index in [-0.39, 0.29) is 18.1 Å². The number of esters is 1. The van der Waals surface area contributed by atoms with Crippen molar-refractivity contribution < 1.29 is 14.3 Å². The van der Waals surface area contributed by atoms with Crippen LogP contribution in [0.3, 0.4) is 0 Å². The molecule has 0 radical (unpaired) electrons. The topological polar surface area (TPSA) is 92.3 Å². The van der Waals surface area contributed by atoms with Crippen LogP contribution in [0, 0.1) is 0 Å². The van der Waals surface area contributed by atoms with Crippen molar-refractivity contribution in [3.8, 4) is 0 Å². The third-order valence-corrected chi connectivity index (χ3v) is 4.82. The maximum atomic E-state index is 11.2. The maximum Gasteiger partial charge on any atom is 0.306 e. The summed E-state index contributed by atoms with van der Waals surface area (Å²) < 4.78 is 12.5. The average Bonchev–Trinajstić information content (AvgIpc) is 3.18. The van der Waals surface area contributed by atoms with Crippen LogP contribution in [-0.4, -0.2) is 46.3 Å². The SMILES string of the molecule is CCCC(N)c1nnc(SCCC(=O)OC)n1CC1CCCO1. The molecule has 2 unspecified atom stereocenters. The van der Waals surface area contributed by atoms with Crippen molar-refractivity contribution in [2.45, 2.75) is 62.9 Å². The van der Waals surface area contributed by atoms with Crippen LogP contribution < -0.4 is 5.73 Å². The Kier molecular flexibility index (Phi) is 7.32. The summed E-state index contributed by atoms with van der Waals surface area (Å²) in [5.41, 5.74) is 6.24. The van der Waals surface area contributed by atoms with E-state index in [1.54, 1.807) is 0 Å². The molecular formula is C15H26N4O3S. The van der Waals surface area contributed by atoms with Crippen LogP contribution in [-0.2, 0) is 20.8 Å². The van der Waals surface area contributed by atoms with E-state index in [1.165, 1.54) is 18.9 Å². The molecule has 7 nitrogen and oxygen atoms in total. The molecule has 0 spiro atoms. The molecule has 1 aromatic rings. The Morgan fingerprint density at radius 3 is 3.04 bits per heavy atom. The molecule has 2 N–H and O–H groups in total. The number of nitrogens with zero attached hydrogens (tertiary/aromatic N) is 3. The van der Waals surface area contributed by atoms with Gasteiger partial charge in [0.05, 0.1) is 32.2 Å². The van der Waals surface area contributed by atoms with E-state index in [0.717, 1.165) is 49.8 Å². The van der Waals surface area contributed by atoms with Crippen LogP contribution >= 0.6 is 11.8 Å². The van der Waals surface area contributed by atoms with E-state index < -0.39 is 0 Å². The molecule has 1 saturated heterocycles. The summed E-state index contributed by atoms with van der Waals surface area (Å²) in [5, 5.41) is 9.36. The first kappa shape index (κ1) is 18.2. The summed E-state index contributed by atoms with van der Waals surface area (Å²) in [6.45, 7) is 3.64. The number of carbonyl (C=O) groups is 1. The summed E-state index contributed by atoms with van der Waals surface area (Å²) in [5.74, 6) is 1.20. The Morgan fingerprint density at radius 2 is 2.39 bits per heavy atom. The quantitative estimate of drug-likeness (QED) is 0.541. The second kappa shape index (κ2) is 9.24. The first-order valence-corrected chi connectivity index (χ1v) is 9.14. The molecule has 23 heavy (non-hydrogen) atoms. The molecule has 0 aromatic carbocycles. The van der Waals surface area contributed by atoms with E-state index in [0.29, 0.717) is 12.2 Å². The van der Waals surface area contributed by atoms with Gasteiger partial charge in [-0.2, -0.15) is 0 Å². The largest absolute Gasteiger partial charge is 0.469 e. The second-order valence-electron chi connectivity index (χ2n) is 5.66. The van der Waals surface area contributed by atoms with Crippen LogP contribution in [0.1, 0.15) is 50.9 Å². The molecule has 0 aliphatic carbocycles. The van der Waals surface area contributed by atoms with Crippen molar-refractivity contribution in [2.75, 3.05) is 19.5 Å². The Hall–Kier alpha value is -1.12. The van der Waals surface area contributed by atoms with Gasteiger partial charge in [-0.25, -0.2) is 0 Å². The van der Waals surface area contributed by atoms with E-state index >= 15 is 0 Å². The summed E-state index contributed by atoms with van der Waals surface area (Å²) in [4.78, 5) is 11.2. The minimum atomic E-state index is -0.217. The van der Waals surface area contributed by atoms with Crippen molar-refractivity contribution in [1.29, 1.82) is 0 Å². The van der Waals surface area contributed by atoms with Gasteiger partial charge in [0.25, 0.3) is 0 Å². The number of nitrogens with two attached hydrogens (primary N) is 1. The minimum Gasteiger partial charge on any atom is -0.469 e. The van der Waals surface area contributed by atoms with Gasteiger partial charge < -0.3 is 19.8 Å². The molecule has 1 aliphatic rings. The summed E-state index contributed by atoms with van der Waals surface area (Å²) in [6, 6.07) is -0.121. The molecule has 1 aliphatic heterocycles. The number of carbonyl (C=O) groups excluding carboxylic acids is 1. The van der Waals surface area contributed by atoms with Crippen molar-refractivity contribution in [3.05, 3.63) is 5.82 Å². The Balaban J connectivity index is 2.07. The molecule has 0 saturated carbocycles. The van der Waals surface area contributed by atoms with Crippen molar-refractivity contribution in [2.24, 2.45) is 5.73 Å². The number of methoxy groups -OCH3 is 1. The highest BCUT2D eigenvalue weighted by Gasteiger charge is 2.23. The molecule has 130 valence electrons. The molecule has 1 fully saturated rings. The van der Waals surface area contributed by atoms with E-state index in [9.17, 15) is 4.79 Å². The van der Waals surface area contributed by atoms with Gasteiger partial charge in [-0.1, -0.05) is 25.1 Å². The third kappa shape index (κ3) is 5.19. The van der Waals surface area contributed by atoms with Crippen LogP contribution in [0.15, 0.2) is 5.16 Å². The molecule has 0 bridgehead atoms. The summed E-state index contributed by atoms with van der Waals surface area (Å²) >= 11 is 1.51. The number of aromatic nitrogens is 3. The molecule has 0 amide bonds. The van der Waals surface area contributed by atoms with Crippen LogP contribution in [0.4, 0.5) is 0 Å². The van der Waals surface area contributed by atoms with Gasteiger partial charge in [-0.05, 0) is 19.3 Å². The highest BCUT2D eigenvalue weighted by atomic mass is 32.2. The predicted molar refractivity (Wildman–Crippen MR) is 88.2 cm³/mol. The lowest BCUT2D eigenvalue weighted by molar-refractivity contribution is -0.140. The number of hydrogen-bond acceptors (Lipinski definition) is 7. The van der Waals surface area contributed by atoms with Gasteiger partial charge in [0, 0.05) is 12.4 Å². The zero-order valence-electron chi connectivity index (χ0n) is 13.9. The van der Waals surface area contributed by atoms with Crippen LogP contribution in [0.5, 0.6) is 0 Å². The smallest absolute Gasteiger partial charge is 0.306 e. The van der Waals surface area contributed by atoms with Crippen LogP contribution in [0.25, 0.3) is 0 Å². The number of rotatable bonds is 9. The summed E-state index contributed by atoms with van der Waals surface area (Å²) in [7, 11) is 1.40. The molecule has 2 rings (SSSR count). The van der Waals surface area contributed by atoms with Gasteiger partial charge in [0.2, 0.25) is 0 Å². The minimum absolute atomic E-state index is 0.121. The Morgan fingerprint density at radius 1 is 1.57 bits per heavy atom.